The Bertz CT molecular complexity index is 1550. The third-order valence-electron chi connectivity index (χ3n) is 7.02. The summed E-state index contributed by atoms with van der Waals surface area (Å²) in [6.07, 6.45) is 0.596. The van der Waals surface area contributed by atoms with Crippen molar-refractivity contribution in [3.05, 3.63) is 94.5 Å². The van der Waals surface area contributed by atoms with Crippen molar-refractivity contribution in [2.24, 2.45) is 0 Å². The first-order valence-electron chi connectivity index (χ1n) is 14.3. The highest BCUT2D eigenvalue weighted by molar-refractivity contribution is 8.01. The molecule has 2 amide bonds. The maximum Gasteiger partial charge on any atom is 0.224 e. The summed E-state index contributed by atoms with van der Waals surface area (Å²) in [4.78, 5) is 24.8. The molecule has 3 atom stereocenters. The molecule has 0 bridgehead atoms. The van der Waals surface area contributed by atoms with Crippen molar-refractivity contribution in [1.29, 1.82) is 0 Å². The first kappa shape index (κ1) is 31.6. The summed E-state index contributed by atoms with van der Waals surface area (Å²) < 4.78 is 13.7. The lowest BCUT2D eigenvalue weighted by Crippen LogP contribution is -2.31. The Balaban J connectivity index is 1.16. The summed E-state index contributed by atoms with van der Waals surface area (Å²) in [5, 5.41) is 24.3. The number of nitrogens with two attached hydrogens (primary N) is 1. The van der Waals surface area contributed by atoms with Gasteiger partial charge in [-0.15, -0.1) is 10.2 Å². The van der Waals surface area contributed by atoms with Crippen LogP contribution in [-0.4, -0.2) is 39.0 Å². The fraction of sp³-hybridized carbons (Fsp3) is 0.312. The quantitative estimate of drug-likeness (QED) is 0.109. The second kappa shape index (κ2) is 15.3. The zero-order chi connectivity index (χ0) is 30.9. The molecule has 0 radical (unpaired) electrons. The monoisotopic (exact) mass is 633 g/mol. The number of aliphatic hydroxyl groups is 1. The predicted octanol–water partition coefficient (Wildman–Crippen LogP) is 6.01. The topological polar surface area (TPSA) is 149 Å². The van der Waals surface area contributed by atoms with Crippen LogP contribution in [-0.2, 0) is 25.7 Å². The maximum absolute atomic E-state index is 12.5. The lowest BCUT2D eigenvalue weighted by Gasteiger charge is -2.36. The van der Waals surface area contributed by atoms with Crippen molar-refractivity contribution in [3.8, 4) is 0 Å². The number of aromatic nitrogens is 2. The molecule has 0 aliphatic carbocycles. The first-order chi connectivity index (χ1) is 21.4. The zero-order valence-electron chi connectivity index (χ0n) is 24.3. The molecule has 0 unspecified atom stereocenters. The molecule has 1 aliphatic heterocycles. The molecule has 1 saturated heterocycles. The molecule has 1 aromatic heterocycles. The maximum atomic E-state index is 12.5. The third-order valence-corrected chi connectivity index (χ3v) is 9.13. The minimum Gasteiger partial charge on any atom is -0.397 e. The number of nitrogens with zero attached hydrogens (tertiary/aromatic N) is 2. The summed E-state index contributed by atoms with van der Waals surface area (Å²) >= 11 is 3.18. The highest BCUT2D eigenvalue weighted by Gasteiger charge is 2.32. The van der Waals surface area contributed by atoms with Crippen LogP contribution in [0.25, 0.3) is 0 Å². The number of nitrogen functional groups attached to an aromatic ring is 1. The summed E-state index contributed by atoms with van der Waals surface area (Å²) in [6, 6.07) is 22.2. The number of anilines is 3. The lowest BCUT2D eigenvalue weighted by atomic mass is 10.0. The van der Waals surface area contributed by atoms with Crippen LogP contribution in [0.5, 0.6) is 0 Å². The highest BCUT2D eigenvalue weighted by atomic mass is 32.2. The number of benzene rings is 3. The Labute approximate surface area is 264 Å². The number of aliphatic hydroxyl groups excluding tert-OH is 1. The van der Waals surface area contributed by atoms with E-state index < -0.39 is 6.29 Å². The van der Waals surface area contributed by atoms with Gasteiger partial charge in [-0.2, -0.15) is 0 Å². The van der Waals surface area contributed by atoms with E-state index in [0.717, 1.165) is 26.0 Å². The van der Waals surface area contributed by atoms with E-state index in [0.29, 0.717) is 35.7 Å². The van der Waals surface area contributed by atoms with E-state index in [4.69, 9.17) is 15.2 Å². The second-order valence-corrected chi connectivity index (χ2v) is 12.9. The number of hydrogen-bond donors (Lipinski definition) is 4. The summed E-state index contributed by atoms with van der Waals surface area (Å²) in [5.74, 6) is 0.334. The number of ether oxygens (including phenoxy) is 2. The van der Waals surface area contributed by atoms with Crippen LogP contribution < -0.4 is 16.4 Å². The fourth-order valence-electron chi connectivity index (χ4n) is 4.70. The van der Waals surface area contributed by atoms with Gasteiger partial charge in [-0.1, -0.05) is 71.6 Å². The van der Waals surface area contributed by atoms with Gasteiger partial charge in [0.05, 0.1) is 30.2 Å². The van der Waals surface area contributed by atoms with Gasteiger partial charge in [-0.25, -0.2) is 0 Å². The van der Waals surface area contributed by atoms with E-state index in [9.17, 15) is 14.7 Å². The number of aryl methyl sites for hydroxylation is 1. The first-order valence-corrected chi connectivity index (χ1v) is 16.1. The molecular formula is C32H35N5O5S2. The second-order valence-electron chi connectivity index (χ2n) is 10.4. The normalized spacial score (nSPS) is 18.1. The van der Waals surface area contributed by atoms with Crippen LogP contribution in [0.3, 0.4) is 0 Å². The molecular weight excluding hydrogens is 599 g/mol. The number of carbonyl (C=O) groups excluding carboxylic acids is 2. The molecule has 5 rings (SSSR count). The number of hydrogen-bond acceptors (Lipinski definition) is 10. The van der Waals surface area contributed by atoms with Crippen molar-refractivity contribution >= 4 is 52.0 Å². The van der Waals surface area contributed by atoms with Gasteiger partial charge in [0.1, 0.15) is 5.01 Å². The molecule has 2 heterocycles. The number of carbonyl (C=O) groups is 2. The SMILES string of the molecule is Cc1nnc(SC[C@@H]2C[C@H](c3ccc(CO)cc3)O[C@H](c3ccc(NC(=O)CCCC(=O)Nc4ccccc4N)cc3)O2)s1. The Kier molecular flexibility index (Phi) is 11.0. The van der Waals surface area contributed by atoms with E-state index >= 15 is 0 Å². The highest BCUT2D eigenvalue weighted by Crippen LogP contribution is 2.40. The molecule has 1 fully saturated rings. The number of amides is 2. The van der Waals surface area contributed by atoms with Gasteiger partial charge >= 0.3 is 0 Å². The van der Waals surface area contributed by atoms with Gasteiger partial charge in [0.15, 0.2) is 10.6 Å². The Morgan fingerprint density at radius 1 is 0.955 bits per heavy atom. The average molecular weight is 634 g/mol. The van der Waals surface area contributed by atoms with E-state index in [1.165, 1.54) is 0 Å². The summed E-state index contributed by atoms with van der Waals surface area (Å²) in [5.41, 5.74) is 10.3. The smallest absolute Gasteiger partial charge is 0.224 e. The molecule has 44 heavy (non-hydrogen) atoms. The molecule has 4 aromatic rings. The molecule has 0 spiro atoms. The molecule has 12 heteroatoms. The Morgan fingerprint density at radius 3 is 2.34 bits per heavy atom. The Morgan fingerprint density at radius 2 is 1.66 bits per heavy atom. The van der Waals surface area contributed by atoms with Crippen LogP contribution in [0.4, 0.5) is 17.1 Å². The van der Waals surface area contributed by atoms with Crippen molar-refractivity contribution in [2.75, 3.05) is 22.1 Å². The zero-order valence-corrected chi connectivity index (χ0v) is 25.9. The van der Waals surface area contributed by atoms with Crippen molar-refractivity contribution < 1.29 is 24.2 Å². The lowest BCUT2D eigenvalue weighted by molar-refractivity contribution is -0.245. The minimum atomic E-state index is -0.602. The van der Waals surface area contributed by atoms with Gasteiger partial charge in [0.2, 0.25) is 11.8 Å². The van der Waals surface area contributed by atoms with Crippen LogP contribution >= 0.6 is 23.1 Å². The van der Waals surface area contributed by atoms with Crippen LogP contribution in [0.2, 0.25) is 0 Å². The number of thioether (sulfide) groups is 1. The van der Waals surface area contributed by atoms with Gasteiger partial charge in [0, 0.05) is 36.3 Å². The summed E-state index contributed by atoms with van der Waals surface area (Å²) in [7, 11) is 0. The van der Waals surface area contributed by atoms with Crippen molar-refractivity contribution in [1.82, 2.24) is 10.2 Å². The van der Waals surface area contributed by atoms with E-state index in [-0.39, 0.29) is 43.5 Å². The molecule has 1 aliphatic rings. The minimum absolute atomic E-state index is 0.0138. The van der Waals surface area contributed by atoms with Crippen LogP contribution in [0.1, 0.15) is 59.8 Å². The van der Waals surface area contributed by atoms with Gasteiger partial charge in [-0.3, -0.25) is 9.59 Å². The third kappa shape index (κ3) is 8.87. The van der Waals surface area contributed by atoms with E-state index in [2.05, 4.69) is 20.8 Å². The fourth-order valence-corrected chi connectivity index (χ4v) is 6.56. The van der Waals surface area contributed by atoms with Gasteiger partial charge in [0.25, 0.3) is 0 Å². The number of para-hydroxylation sites is 2. The summed E-state index contributed by atoms with van der Waals surface area (Å²) in [6.45, 7) is 1.92. The van der Waals surface area contributed by atoms with Crippen molar-refractivity contribution in [2.45, 2.75) is 62.1 Å². The average Bonchev–Trinajstić information content (AvgIpc) is 3.46. The van der Waals surface area contributed by atoms with E-state index in [1.807, 2.05) is 55.5 Å². The largest absolute Gasteiger partial charge is 0.397 e. The predicted molar refractivity (Wildman–Crippen MR) is 172 cm³/mol. The molecule has 10 nitrogen and oxygen atoms in total. The standard InChI is InChI=1S/C32H35N5O5S2/c1-20-36-37-32(44-20)43-19-25-17-28(22-11-9-21(18-38)10-12-22)42-31(41-25)23-13-15-24(16-14-23)34-29(39)7-4-8-30(40)35-27-6-3-2-5-26(27)33/h2-3,5-6,9-16,25,28,31,38H,4,7-8,17-19,33H2,1H3,(H,34,39)(H,35,40)/t25-,28+,31+/m0/s1. The Hall–Kier alpha value is -3.81. The van der Waals surface area contributed by atoms with Crippen LogP contribution in [0.15, 0.2) is 77.1 Å². The van der Waals surface area contributed by atoms with Crippen molar-refractivity contribution in [3.63, 3.8) is 0 Å². The van der Waals surface area contributed by atoms with Gasteiger partial charge in [-0.05, 0) is 48.7 Å². The molecule has 5 N–H and O–H groups in total. The van der Waals surface area contributed by atoms with Crippen LogP contribution in [0, 0.1) is 6.92 Å². The number of nitrogens with one attached hydrogen (secondary N) is 2. The van der Waals surface area contributed by atoms with Gasteiger partial charge < -0.3 is 30.9 Å². The number of rotatable bonds is 12. The molecule has 0 saturated carbocycles. The molecule has 230 valence electrons. The molecule has 3 aromatic carbocycles. The van der Waals surface area contributed by atoms with E-state index in [1.54, 1.807) is 47.4 Å².